The fourth-order valence-electron chi connectivity index (χ4n) is 1.81. The van der Waals surface area contributed by atoms with Crippen LogP contribution in [0.25, 0.3) is 6.08 Å². The van der Waals surface area contributed by atoms with Gasteiger partial charge >= 0.3 is 5.97 Å². The molecule has 0 aliphatic rings. The van der Waals surface area contributed by atoms with E-state index in [2.05, 4.69) is 21.2 Å². The number of ether oxygens (including phenoxy) is 2. The van der Waals surface area contributed by atoms with E-state index in [4.69, 9.17) is 9.47 Å². The van der Waals surface area contributed by atoms with Gasteiger partial charge in [0.1, 0.15) is 5.75 Å². The number of methoxy groups -OCH3 is 1. The van der Waals surface area contributed by atoms with Gasteiger partial charge in [-0.1, -0.05) is 24.3 Å². The topological polar surface area (TPSA) is 64.6 Å². The molecule has 5 nitrogen and oxygen atoms in total. The molecule has 2 aromatic rings. The number of anilines is 1. The first-order chi connectivity index (χ1) is 11.6. The maximum absolute atomic E-state index is 11.8. The van der Waals surface area contributed by atoms with Gasteiger partial charge in [0, 0.05) is 10.5 Å². The summed E-state index contributed by atoms with van der Waals surface area (Å²) in [6.45, 7) is -0.354. The predicted molar refractivity (Wildman–Crippen MR) is 95.8 cm³/mol. The molecule has 0 aliphatic carbocycles. The Morgan fingerprint density at radius 2 is 1.83 bits per heavy atom. The van der Waals surface area contributed by atoms with Gasteiger partial charge in [-0.2, -0.15) is 0 Å². The van der Waals surface area contributed by atoms with Crippen molar-refractivity contribution in [3.05, 3.63) is 64.6 Å². The highest BCUT2D eigenvalue weighted by atomic mass is 79.9. The molecule has 0 bridgehead atoms. The molecule has 24 heavy (non-hydrogen) atoms. The van der Waals surface area contributed by atoms with Crippen molar-refractivity contribution >= 4 is 39.6 Å². The summed E-state index contributed by atoms with van der Waals surface area (Å²) >= 11 is 3.32. The zero-order chi connectivity index (χ0) is 17.4. The maximum Gasteiger partial charge on any atom is 0.331 e. The van der Waals surface area contributed by atoms with Gasteiger partial charge < -0.3 is 14.8 Å². The van der Waals surface area contributed by atoms with Crippen LogP contribution >= 0.6 is 15.9 Å². The van der Waals surface area contributed by atoms with E-state index in [1.54, 1.807) is 43.5 Å². The second-order valence-electron chi connectivity index (χ2n) is 4.74. The number of hydrogen-bond acceptors (Lipinski definition) is 4. The first-order valence-corrected chi connectivity index (χ1v) is 7.91. The number of esters is 1. The Morgan fingerprint density at radius 3 is 2.50 bits per heavy atom. The van der Waals surface area contributed by atoms with Crippen LogP contribution in [0.15, 0.2) is 59.1 Å². The lowest BCUT2D eigenvalue weighted by molar-refractivity contribution is -0.142. The van der Waals surface area contributed by atoms with Crippen molar-refractivity contribution in [1.82, 2.24) is 0 Å². The summed E-state index contributed by atoms with van der Waals surface area (Å²) in [4.78, 5) is 23.4. The Balaban J connectivity index is 1.80. The summed E-state index contributed by atoms with van der Waals surface area (Å²) in [7, 11) is 1.58. The van der Waals surface area contributed by atoms with E-state index >= 15 is 0 Å². The number of carbonyl (C=O) groups is 2. The highest BCUT2D eigenvalue weighted by Crippen LogP contribution is 2.20. The molecule has 2 aromatic carbocycles. The minimum atomic E-state index is -0.590. The largest absolute Gasteiger partial charge is 0.497 e. The van der Waals surface area contributed by atoms with E-state index in [0.29, 0.717) is 5.69 Å². The Bertz CT molecular complexity index is 741. The molecule has 0 saturated heterocycles. The van der Waals surface area contributed by atoms with Crippen molar-refractivity contribution in [2.24, 2.45) is 0 Å². The van der Waals surface area contributed by atoms with Crippen molar-refractivity contribution in [3.8, 4) is 5.75 Å². The highest BCUT2D eigenvalue weighted by Gasteiger charge is 2.07. The molecule has 0 heterocycles. The molecule has 0 aliphatic heterocycles. The molecule has 0 spiro atoms. The Kier molecular flexibility index (Phi) is 6.57. The van der Waals surface area contributed by atoms with E-state index in [1.165, 1.54) is 6.08 Å². The van der Waals surface area contributed by atoms with Gasteiger partial charge in [0.2, 0.25) is 0 Å². The monoisotopic (exact) mass is 389 g/mol. The molecular formula is C18H16BrNO4. The highest BCUT2D eigenvalue weighted by molar-refractivity contribution is 9.10. The Morgan fingerprint density at radius 1 is 1.12 bits per heavy atom. The van der Waals surface area contributed by atoms with Crippen LogP contribution < -0.4 is 10.1 Å². The predicted octanol–water partition coefficient (Wildman–Crippen LogP) is 3.65. The molecule has 1 amide bonds. The van der Waals surface area contributed by atoms with Gasteiger partial charge in [0.15, 0.2) is 6.61 Å². The van der Waals surface area contributed by atoms with Gasteiger partial charge in [-0.25, -0.2) is 4.79 Å². The SMILES string of the molecule is COc1ccc(/C=C/C(=O)OCC(=O)Nc2ccccc2Br)cc1. The lowest BCUT2D eigenvalue weighted by atomic mass is 10.2. The molecule has 124 valence electrons. The molecule has 0 fully saturated rings. The standard InChI is InChI=1S/C18H16BrNO4/c1-23-14-9-6-13(7-10-14)8-11-18(22)24-12-17(21)20-16-5-3-2-4-15(16)19/h2-11H,12H2,1H3,(H,20,21)/b11-8+. The van der Waals surface area contributed by atoms with E-state index in [1.807, 2.05) is 18.2 Å². The average molecular weight is 390 g/mol. The van der Waals surface area contributed by atoms with Gasteiger partial charge in [0.25, 0.3) is 5.91 Å². The van der Waals surface area contributed by atoms with E-state index in [-0.39, 0.29) is 6.61 Å². The molecule has 0 aromatic heterocycles. The van der Waals surface area contributed by atoms with Crippen molar-refractivity contribution < 1.29 is 19.1 Å². The summed E-state index contributed by atoms with van der Waals surface area (Å²) in [5, 5.41) is 2.65. The lowest BCUT2D eigenvalue weighted by Crippen LogP contribution is -2.20. The third-order valence-electron chi connectivity index (χ3n) is 3.02. The van der Waals surface area contributed by atoms with Crippen LogP contribution in [0.2, 0.25) is 0 Å². The van der Waals surface area contributed by atoms with E-state index in [9.17, 15) is 9.59 Å². The minimum Gasteiger partial charge on any atom is -0.497 e. The number of carbonyl (C=O) groups excluding carboxylic acids is 2. The Labute approximate surface area is 148 Å². The van der Waals surface area contributed by atoms with Crippen LogP contribution in [0.4, 0.5) is 5.69 Å². The maximum atomic E-state index is 11.8. The first-order valence-electron chi connectivity index (χ1n) is 7.12. The number of nitrogens with one attached hydrogen (secondary N) is 1. The van der Waals surface area contributed by atoms with Gasteiger partial charge in [0.05, 0.1) is 12.8 Å². The van der Waals surface area contributed by atoms with E-state index < -0.39 is 11.9 Å². The van der Waals surface area contributed by atoms with Crippen molar-refractivity contribution in [2.45, 2.75) is 0 Å². The first kappa shape index (κ1) is 17.7. The van der Waals surface area contributed by atoms with Crippen LogP contribution in [-0.4, -0.2) is 25.6 Å². The van der Waals surface area contributed by atoms with Crippen molar-refractivity contribution in [3.63, 3.8) is 0 Å². The summed E-state index contributed by atoms with van der Waals surface area (Å²) in [6, 6.07) is 14.4. The molecule has 0 atom stereocenters. The van der Waals surface area contributed by atoms with Crippen molar-refractivity contribution in [1.29, 1.82) is 0 Å². The van der Waals surface area contributed by atoms with Crippen LogP contribution in [0.1, 0.15) is 5.56 Å². The minimum absolute atomic E-state index is 0.354. The van der Waals surface area contributed by atoms with Gasteiger partial charge in [-0.05, 0) is 51.8 Å². The van der Waals surface area contributed by atoms with Gasteiger partial charge in [-0.15, -0.1) is 0 Å². The molecule has 0 radical (unpaired) electrons. The molecule has 0 saturated carbocycles. The van der Waals surface area contributed by atoms with Crippen LogP contribution in [0, 0.1) is 0 Å². The van der Waals surface area contributed by atoms with E-state index in [0.717, 1.165) is 15.8 Å². The fraction of sp³-hybridized carbons (Fsp3) is 0.111. The van der Waals surface area contributed by atoms with Gasteiger partial charge in [-0.3, -0.25) is 4.79 Å². The third kappa shape index (κ3) is 5.55. The van der Waals surface area contributed by atoms with Crippen LogP contribution in [-0.2, 0) is 14.3 Å². The number of para-hydroxylation sites is 1. The molecule has 0 unspecified atom stereocenters. The number of benzene rings is 2. The lowest BCUT2D eigenvalue weighted by Gasteiger charge is -2.07. The molecule has 6 heteroatoms. The molecular weight excluding hydrogens is 374 g/mol. The average Bonchev–Trinajstić information content (AvgIpc) is 2.60. The second-order valence-corrected chi connectivity index (χ2v) is 5.60. The number of halogens is 1. The smallest absolute Gasteiger partial charge is 0.331 e. The molecule has 2 rings (SSSR count). The summed E-state index contributed by atoms with van der Waals surface area (Å²) in [5.74, 6) is -0.264. The summed E-state index contributed by atoms with van der Waals surface area (Å²) in [6.07, 6.45) is 2.88. The summed E-state index contributed by atoms with van der Waals surface area (Å²) in [5.41, 5.74) is 1.44. The fourth-order valence-corrected chi connectivity index (χ4v) is 2.20. The third-order valence-corrected chi connectivity index (χ3v) is 3.71. The van der Waals surface area contributed by atoms with Crippen LogP contribution in [0.5, 0.6) is 5.75 Å². The van der Waals surface area contributed by atoms with Crippen molar-refractivity contribution in [2.75, 3.05) is 19.0 Å². The normalized spacial score (nSPS) is 10.4. The zero-order valence-corrected chi connectivity index (χ0v) is 14.6. The number of amides is 1. The number of hydrogen-bond donors (Lipinski definition) is 1. The van der Waals surface area contributed by atoms with Crippen LogP contribution in [0.3, 0.4) is 0 Å². The number of rotatable bonds is 6. The quantitative estimate of drug-likeness (QED) is 0.604. The zero-order valence-electron chi connectivity index (χ0n) is 13.0. The molecule has 1 N–H and O–H groups in total. The Hall–Kier alpha value is -2.60. The summed E-state index contributed by atoms with van der Waals surface area (Å²) < 4.78 is 10.7. The second kappa shape index (κ2) is 8.88.